The molecule has 0 aliphatic heterocycles. The molecule has 18 heavy (non-hydrogen) atoms. The van der Waals surface area contributed by atoms with E-state index >= 15 is 0 Å². The number of carbonyl (C=O) groups excluding carboxylic acids is 1. The average Bonchev–Trinajstić information content (AvgIpc) is 2.80. The van der Waals surface area contributed by atoms with E-state index in [2.05, 4.69) is 0 Å². The molecule has 0 unspecified atom stereocenters. The van der Waals surface area contributed by atoms with Crippen molar-refractivity contribution in [1.29, 1.82) is 5.26 Å². The molecule has 0 spiro atoms. The molecular weight excluding hydrogens is 231 g/mol. The van der Waals surface area contributed by atoms with Crippen LogP contribution in [0.3, 0.4) is 0 Å². The molecule has 2 aromatic rings. The van der Waals surface area contributed by atoms with Crippen LogP contribution in [0.5, 0.6) is 0 Å². The van der Waals surface area contributed by atoms with Crippen LogP contribution >= 0.6 is 0 Å². The van der Waals surface area contributed by atoms with Crippen molar-refractivity contribution in [2.45, 2.75) is 13.5 Å². The van der Waals surface area contributed by atoms with Crippen molar-refractivity contribution in [3.05, 3.63) is 59.2 Å². The second-order valence-electron chi connectivity index (χ2n) is 4.00. The first-order chi connectivity index (χ1) is 8.61. The molecule has 0 N–H and O–H groups in total. The van der Waals surface area contributed by atoms with Crippen molar-refractivity contribution in [3.8, 4) is 6.07 Å². The van der Waals surface area contributed by atoms with E-state index in [9.17, 15) is 9.18 Å². The van der Waals surface area contributed by atoms with Gasteiger partial charge < -0.3 is 4.57 Å². The summed E-state index contributed by atoms with van der Waals surface area (Å²) in [6, 6.07) is 9.66. The Morgan fingerprint density at radius 2 is 2.22 bits per heavy atom. The summed E-state index contributed by atoms with van der Waals surface area (Å²) in [5, 5.41) is 8.66. The zero-order chi connectivity index (χ0) is 13.1. The number of nitrogens with zero attached hydrogens (tertiary/aromatic N) is 2. The molecule has 1 aromatic heterocycles. The highest BCUT2D eigenvalue weighted by atomic mass is 19.1. The van der Waals surface area contributed by atoms with Gasteiger partial charge in [-0.05, 0) is 24.3 Å². The molecule has 0 aliphatic carbocycles. The molecule has 0 saturated heterocycles. The first-order valence-electron chi connectivity index (χ1n) is 5.46. The van der Waals surface area contributed by atoms with Crippen LogP contribution in [0.25, 0.3) is 0 Å². The Morgan fingerprint density at radius 3 is 2.83 bits per heavy atom. The Balaban J connectivity index is 2.32. The zero-order valence-electron chi connectivity index (χ0n) is 9.85. The van der Waals surface area contributed by atoms with Gasteiger partial charge in [0.1, 0.15) is 5.82 Å². The molecule has 0 radical (unpaired) electrons. The Bertz CT molecular complexity index is 637. The highest BCUT2D eigenvalue weighted by Gasteiger charge is 2.09. The number of ketones is 1. The van der Waals surface area contributed by atoms with E-state index < -0.39 is 5.82 Å². The number of hydrogen-bond donors (Lipinski definition) is 0. The Hall–Kier alpha value is -2.41. The van der Waals surface area contributed by atoms with Gasteiger partial charge in [-0.1, -0.05) is 6.07 Å². The summed E-state index contributed by atoms with van der Waals surface area (Å²) >= 11 is 0. The van der Waals surface area contributed by atoms with Gasteiger partial charge in [-0.3, -0.25) is 4.79 Å². The number of benzene rings is 1. The van der Waals surface area contributed by atoms with Gasteiger partial charge in [-0.2, -0.15) is 5.26 Å². The molecule has 2 rings (SSSR count). The molecule has 0 bridgehead atoms. The fourth-order valence-corrected chi connectivity index (χ4v) is 1.80. The van der Waals surface area contributed by atoms with Crippen molar-refractivity contribution < 1.29 is 9.18 Å². The highest BCUT2D eigenvalue weighted by Crippen LogP contribution is 2.13. The van der Waals surface area contributed by atoms with Gasteiger partial charge in [0.05, 0.1) is 23.9 Å². The SMILES string of the molecule is CC(=O)c1cccn1Cc1ccc(C#N)cc1F. The first kappa shape index (κ1) is 12.1. The predicted molar refractivity (Wildman–Crippen MR) is 64.7 cm³/mol. The number of aromatic nitrogens is 1. The molecule has 0 saturated carbocycles. The normalized spacial score (nSPS) is 10.1. The summed E-state index contributed by atoms with van der Waals surface area (Å²) < 4.78 is 15.4. The molecule has 0 aliphatic rings. The number of carbonyl (C=O) groups is 1. The summed E-state index contributed by atoms with van der Waals surface area (Å²) in [6.07, 6.45) is 1.73. The minimum absolute atomic E-state index is 0.0611. The fraction of sp³-hybridized carbons (Fsp3) is 0.143. The zero-order valence-corrected chi connectivity index (χ0v) is 9.85. The van der Waals surface area contributed by atoms with Gasteiger partial charge in [0.25, 0.3) is 0 Å². The second kappa shape index (κ2) is 4.84. The van der Waals surface area contributed by atoms with E-state index in [1.54, 1.807) is 35.0 Å². The van der Waals surface area contributed by atoms with Crippen LogP contribution < -0.4 is 0 Å². The Labute approximate surface area is 104 Å². The molecule has 1 heterocycles. The summed E-state index contributed by atoms with van der Waals surface area (Å²) in [6.45, 7) is 1.75. The second-order valence-corrected chi connectivity index (χ2v) is 4.00. The summed E-state index contributed by atoms with van der Waals surface area (Å²) in [5.74, 6) is -0.494. The van der Waals surface area contributed by atoms with Gasteiger partial charge in [0, 0.05) is 18.7 Å². The predicted octanol–water partition coefficient (Wildman–Crippen LogP) is 2.75. The third-order valence-electron chi connectivity index (χ3n) is 2.71. The molecule has 0 atom stereocenters. The van der Waals surface area contributed by atoms with Gasteiger partial charge >= 0.3 is 0 Å². The van der Waals surface area contributed by atoms with Crippen LogP contribution in [-0.4, -0.2) is 10.4 Å². The summed E-state index contributed by atoms with van der Waals surface area (Å²) in [4.78, 5) is 11.3. The van der Waals surface area contributed by atoms with Crippen LogP contribution in [0, 0.1) is 17.1 Å². The van der Waals surface area contributed by atoms with Gasteiger partial charge in [-0.25, -0.2) is 4.39 Å². The standard InChI is InChI=1S/C14H11FN2O/c1-10(18)14-3-2-6-17(14)9-12-5-4-11(8-16)7-13(12)15/h2-7H,9H2,1H3. The highest BCUT2D eigenvalue weighted by molar-refractivity contribution is 5.92. The van der Waals surface area contributed by atoms with E-state index in [0.717, 1.165) is 0 Å². The maximum Gasteiger partial charge on any atom is 0.176 e. The quantitative estimate of drug-likeness (QED) is 0.777. The lowest BCUT2D eigenvalue weighted by Gasteiger charge is -2.08. The molecule has 1 aromatic carbocycles. The molecule has 0 fully saturated rings. The number of rotatable bonds is 3. The Kier molecular flexibility index (Phi) is 3.24. The minimum Gasteiger partial charge on any atom is -0.341 e. The third kappa shape index (κ3) is 2.30. The van der Waals surface area contributed by atoms with Crippen molar-refractivity contribution in [2.75, 3.05) is 0 Å². The van der Waals surface area contributed by atoms with Crippen LogP contribution in [0.4, 0.5) is 4.39 Å². The van der Waals surface area contributed by atoms with Crippen LogP contribution in [0.2, 0.25) is 0 Å². The largest absolute Gasteiger partial charge is 0.341 e. The lowest BCUT2D eigenvalue weighted by atomic mass is 10.1. The molecule has 4 heteroatoms. The maximum atomic E-state index is 13.7. The van der Waals surface area contributed by atoms with Crippen LogP contribution in [0.15, 0.2) is 36.5 Å². The molecular formula is C14H11FN2O. The van der Waals surface area contributed by atoms with Gasteiger partial charge in [-0.15, -0.1) is 0 Å². The molecule has 0 amide bonds. The Morgan fingerprint density at radius 1 is 1.44 bits per heavy atom. The number of Topliss-reactive ketones (excluding diaryl/α,β-unsaturated/α-hetero) is 1. The summed E-state index contributed by atoms with van der Waals surface area (Å²) in [7, 11) is 0. The minimum atomic E-state index is -0.433. The topological polar surface area (TPSA) is 45.8 Å². The average molecular weight is 242 g/mol. The first-order valence-corrected chi connectivity index (χ1v) is 5.46. The van der Waals surface area contributed by atoms with Crippen molar-refractivity contribution in [3.63, 3.8) is 0 Å². The molecule has 3 nitrogen and oxygen atoms in total. The number of nitriles is 1. The number of halogens is 1. The van der Waals surface area contributed by atoms with Gasteiger partial charge in [0.15, 0.2) is 5.78 Å². The number of hydrogen-bond acceptors (Lipinski definition) is 2. The lowest BCUT2D eigenvalue weighted by Crippen LogP contribution is -2.08. The van der Waals surface area contributed by atoms with Crippen molar-refractivity contribution in [2.24, 2.45) is 0 Å². The van der Waals surface area contributed by atoms with E-state index in [0.29, 0.717) is 11.3 Å². The maximum absolute atomic E-state index is 13.7. The van der Waals surface area contributed by atoms with Crippen molar-refractivity contribution in [1.82, 2.24) is 4.57 Å². The fourth-order valence-electron chi connectivity index (χ4n) is 1.80. The van der Waals surface area contributed by atoms with Crippen molar-refractivity contribution >= 4 is 5.78 Å². The lowest BCUT2D eigenvalue weighted by molar-refractivity contribution is 0.100. The monoisotopic (exact) mass is 242 g/mol. The van der Waals surface area contributed by atoms with Gasteiger partial charge in [0.2, 0.25) is 0 Å². The van der Waals surface area contributed by atoms with E-state index in [-0.39, 0.29) is 17.9 Å². The third-order valence-corrected chi connectivity index (χ3v) is 2.71. The van der Waals surface area contributed by atoms with E-state index in [1.807, 2.05) is 6.07 Å². The van der Waals surface area contributed by atoms with E-state index in [4.69, 9.17) is 5.26 Å². The van der Waals surface area contributed by atoms with Crippen LogP contribution in [0.1, 0.15) is 28.5 Å². The van der Waals surface area contributed by atoms with Crippen LogP contribution in [-0.2, 0) is 6.54 Å². The molecule has 90 valence electrons. The summed E-state index contributed by atoms with van der Waals surface area (Å²) in [5.41, 5.74) is 1.28. The smallest absolute Gasteiger partial charge is 0.176 e. The van der Waals surface area contributed by atoms with E-state index in [1.165, 1.54) is 13.0 Å².